The molecule has 1 unspecified atom stereocenters. The fraction of sp³-hybridized carbons (Fsp3) is 0.379. The number of rotatable bonds is 10. The Morgan fingerprint density at radius 2 is 1.16 bits per heavy atom. The highest BCUT2D eigenvalue weighted by molar-refractivity contribution is 5.74. The SMILES string of the molecule is CC(C)C(C)CC[C@H](C)CNCc1cc(-c2ccc(F)cc2)cc(-c2ccc(F)cc2)c1. The average Bonchev–Trinajstić information content (AvgIpc) is 2.78. The summed E-state index contributed by atoms with van der Waals surface area (Å²) in [7, 11) is 0. The molecule has 32 heavy (non-hydrogen) atoms. The second kappa shape index (κ2) is 11.4. The third-order valence-electron chi connectivity index (χ3n) is 6.42. The molecule has 0 saturated heterocycles. The highest BCUT2D eigenvalue weighted by atomic mass is 19.1. The third kappa shape index (κ3) is 7.00. The first-order chi connectivity index (χ1) is 15.3. The maximum Gasteiger partial charge on any atom is 0.123 e. The van der Waals surface area contributed by atoms with E-state index in [1.54, 1.807) is 24.3 Å². The summed E-state index contributed by atoms with van der Waals surface area (Å²) < 4.78 is 26.8. The molecule has 0 aromatic heterocycles. The van der Waals surface area contributed by atoms with Gasteiger partial charge in [-0.25, -0.2) is 8.78 Å². The van der Waals surface area contributed by atoms with Crippen LogP contribution in [0.15, 0.2) is 66.7 Å². The van der Waals surface area contributed by atoms with Crippen LogP contribution < -0.4 is 5.32 Å². The molecule has 0 fully saturated rings. The molecule has 3 heteroatoms. The van der Waals surface area contributed by atoms with Gasteiger partial charge in [-0.15, -0.1) is 0 Å². The zero-order chi connectivity index (χ0) is 23.1. The van der Waals surface area contributed by atoms with Gasteiger partial charge in [-0.05, 0) is 101 Å². The van der Waals surface area contributed by atoms with Crippen LogP contribution in [-0.2, 0) is 6.54 Å². The van der Waals surface area contributed by atoms with Crippen molar-refractivity contribution in [2.75, 3.05) is 6.54 Å². The first-order valence-corrected chi connectivity index (χ1v) is 11.7. The van der Waals surface area contributed by atoms with Crippen molar-refractivity contribution in [1.29, 1.82) is 0 Å². The Hall–Kier alpha value is -2.52. The molecule has 0 spiro atoms. The van der Waals surface area contributed by atoms with E-state index in [1.165, 1.54) is 37.1 Å². The number of hydrogen-bond acceptors (Lipinski definition) is 1. The van der Waals surface area contributed by atoms with E-state index in [-0.39, 0.29) is 11.6 Å². The molecule has 3 rings (SSSR count). The fourth-order valence-electron chi connectivity index (χ4n) is 3.86. The lowest BCUT2D eigenvalue weighted by Gasteiger charge is -2.19. The van der Waals surface area contributed by atoms with Gasteiger partial charge in [0.25, 0.3) is 0 Å². The normalized spacial score (nSPS) is 13.3. The molecule has 0 bridgehead atoms. The Bertz CT molecular complexity index is 913. The fourth-order valence-corrected chi connectivity index (χ4v) is 3.86. The summed E-state index contributed by atoms with van der Waals surface area (Å²) in [6, 6.07) is 19.5. The van der Waals surface area contributed by atoms with E-state index in [2.05, 4.69) is 51.2 Å². The largest absolute Gasteiger partial charge is 0.312 e. The van der Waals surface area contributed by atoms with E-state index in [0.717, 1.165) is 52.7 Å². The number of halogens is 2. The van der Waals surface area contributed by atoms with Crippen molar-refractivity contribution in [3.63, 3.8) is 0 Å². The van der Waals surface area contributed by atoms with Crippen LogP contribution in [0.1, 0.15) is 46.1 Å². The van der Waals surface area contributed by atoms with Gasteiger partial charge in [0.05, 0.1) is 0 Å². The van der Waals surface area contributed by atoms with Crippen LogP contribution in [0.4, 0.5) is 8.78 Å². The second-order valence-electron chi connectivity index (χ2n) is 9.47. The molecule has 0 aliphatic rings. The van der Waals surface area contributed by atoms with Gasteiger partial charge in [0.1, 0.15) is 11.6 Å². The van der Waals surface area contributed by atoms with Gasteiger partial charge in [-0.2, -0.15) is 0 Å². The standard InChI is InChI=1S/C29H35F2N/c1-20(2)22(4)6-5-21(3)18-32-19-23-15-26(24-7-11-28(30)12-8-24)17-27(16-23)25-9-13-29(31)14-10-25/h7-17,20-22,32H,5-6,18-19H2,1-4H3/t21-,22?/m0/s1. The van der Waals surface area contributed by atoms with Gasteiger partial charge in [0.2, 0.25) is 0 Å². The Kier molecular flexibility index (Phi) is 8.58. The minimum atomic E-state index is -0.244. The number of benzene rings is 3. The van der Waals surface area contributed by atoms with Crippen molar-refractivity contribution in [3.8, 4) is 22.3 Å². The molecule has 3 aromatic carbocycles. The molecule has 0 heterocycles. The Morgan fingerprint density at radius 1 is 0.656 bits per heavy atom. The van der Waals surface area contributed by atoms with Crippen LogP contribution >= 0.6 is 0 Å². The molecule has 170 valence electrons. The zero-order valence-corrected chi connectivity index (χ0v) is 19.7. The van der Waals surface area contributed by atoms with Gasteiger partial charge >= 0.3 is 0 Å². The lowest BCUT2D eigenvalue weighted by Crippen LogP contribution is -2.21. The summed E-state index contributed by atoms with van der Waals surface area (Å²) in [5.41, 5.74) is 5.15. The van der Waals surface area contributed by atoms with Crippen molar-refractivity contribution in [3.05, 3.63) is 83.9 Å². The monoisotopic (exact) mass is 435 g/mol. The Labute approximate surface area is 191 Å². The summed E-state index contributed by atoms with van der Waals surface area (Å²) in [5, 5.41) is 3.61. The Morgan fingerprint density at radius 3 is 1.62 bits per heavy atom. The molecule has 0 aliphatic carbocycles. The highest BCUT2D eigenvalue weighted by Crippen LogP contribution is 2.29. The third-order valence-corrected chi connectivity index (χ3v) is 6.42. The predicted octanol–water partition coefficient (Wildman–Crippen LogP) is 8.10. The van der Waals surface area contributed by atoms with Crippen LogP contribution in [0, 0.1) is 29.4 Å². The highest BCUT2D eigenvalue weighted by Gasteiger charge is 2.11. The Balaban J connectivity index is 1.74. The molecule has 0 amide bonds. The molecular weight excluding hydrogens is 400 g/mol. The lowest BCUT2D eigenvalue weighted by atomic mass is 9.90. The predicted molar refractivity (Wildman–Crippen MR) is 131 cm³/mol. The van der Waals surface area contributed by atoms with E-state index >= 15 is 0 Å². The average molecular weight is 436 g/mol. The van der Waals surface area contributed by atoms with Gasteiger partial charge in [-0.1, -0.05) is 58.4 Å². The van der Waals surface area contributed by atoms with E-state index in [0.29, 0.717) is 5.92 Å². The first kappa shape index (κ1) is 24.1. The van der Waals surface area contributed by atoms with Crippen LogP contribution in [0.3, 0.4) is 0 Å². The van der Waals surface area contributed by atoms with E-state index in [9.17, 15) is 8.78 Å². The number of hydrogen-bond donors (Lipinski definition) is 1. The van der Waals surface area contributed by atoms with Crippen LogP contribution in [0.2, 0.25) is 0 Å². The summed E-state index contributed by atoms with van der Waals surface area (Å²) >= 11 is 0. The zero-order valence-electron chi connectivity index (χ0n) is 19.7. The molecule has 0 aliphatic heterocycles. The van der Waals surface area contributed by atoms with Crippen LogP contribution in [0.5, 0.6) is 0 Å². The van der Waals surface area contributed by atoms with Crippen molar-refractivity contribution < 1.29 is 8.78 Å². The molecular formula is C29H35F2N. The maximum atomic E-state index is 13.4. The minimum absolute atomic E-state index is 0.244. The van der Waals surface area contributed by atoms with E-state index in [1.807, 2.05) is 0 Å². The molecule has 1 N–H and O–H groups in total. The molecule has 0 radical (unpaired) electrons. The summed E-state index contributed by atoms with van der Waals surface area (Å²) in [6.07, 6.45) is 2.48. The van der Waals surface area contributed by atoms with Gasteiger partial charge in [0.15, 0.2) is 0 Å². The van der Waals surface area contributed by atoms with E-state index in [4.69, 9.17) is 0 Å². The molecule has 0 saturated carbocycles. The van der Waals surface area contributed by atoms with Crippen LogP contribution in [0.25, 0.3) is 22.3 Å². The number of nitrogens with one attached hydrogen (secondary N) is 1. The smallest absolute Gasteiger partial charge is 0.123 e. The first-order valence-electron chi connectivity index (χ1n) is 11.7. The van der Waals surface area contributed by atoms with Crippen molar-refractivity contribution >= 4 is 0 Å². The van der Waals surface area contributed by atoms with Gasteiger partial charge < -0.3 is 5.32 Å². The maximum absolute atomic E-state index is 13.4. The quantitative estimate of drug-likeness (QED) is 0.339. The van der Waals surface area contributed by atoms with Crippen molar-refractivity contribution in [1.82, 2.24) is 5.32 Å². The molecule has 2 atom stereocenters. The van der Waals surface area contributed by atoms with Crippen LogP contribution in [-0.4, -0.2) is 6.54 Å². The lowest BCUT2D eigenvalue weighted by molar-refractivity contribution is 0.345. The molecule has 3 aromatic rings. The summed E-state index contributed by atoms with van der Waals surface area (Å²) in [4.78, 5) is 0. The summed E-state index contributed by atoms with van der Waals surface area (Å²) in [5.74, 6) is 1.61. The topological polar surface area (TPSA) is 12.0 Å². The van der Waals surface area contributed by atoms with Crippen molar-refractivity contribution in [2.24, 2.45) is 17.8 Å². The van der Waals surface area contributed by atoms with Gasteiger partial charge in [0, 0.05) is 6.54 Å². The van der Waals surface area contributed by atoms with Crippen molar-refractivity contribution in [2.45, 2.75) is 47.1 Å². The molecule has 1 nitrogen and oxygen atoms in total. The second-order valence-corrected chi connectivity index (χ2v) is 9.47. The minimum Gasteiger partial charge on any atom is -0.312 e. The summed E-state index contributed by atoms with van der Waals surface area (Å²) in [6.45, 7) is 11.0. The van der Waals surface area contributed by atoms with Gasteiger partial charge in [-0.3, -0.25) is 0 Å². The van der Waals surface area contributed by atoms with E-state index < -0.39 is 0 Å².